The molecule has 1 aliphatic heterocycles. The summed E-state index contributed by atoms with van der Waals surface area (Å²) in [4.78, 5) is 22.5. The summed E-state index contributed by atoms with van der Waals surface area (Å²) in [6, 6.07) is 10.9. The fourth-order valence-corrected chi connectivity index (χ4v) is 3.90. The van der Waals surface area contributed by atoms with Crippen LogP contribution >= 0.6 is 0 Å². The molecule has 0 spiro atoms. The molecule has 3 aromatic rings. The monoisotopic (exact) mass is 429 g/mol. The highest BCUT2D eigenvalue weighted by Gasteiger charge is 2.33. The molecule has 2 aromatic heterocycles. The molecule has 1 fully saturated rings. The number of alkyl halides is 3. The zero-order valence-electron chi connectivity index (χ0n) is 17.1. The van der Waals surface area contributed by atoms with Crippen molar-refractivity contribution in [2.75, 3.05) is 23.3 Å². The summed E-state index contributed by atoms with van der Waals surface area (Å²) in [5, 5.41) is 7.67. The second kappa shape index (κ2) is 8.05. The number of nitrogens with one attached hydrogen (secondary N) is 2. The number of rotatable bonds is 3. The number of halogens is 3. The topological polar surface area (TPSA) is 70.2 Å². The lowest BCUT2D eigenvalue weighted by atomic mass is 10.1. The van der Waals surface area contributed by atoms with E-state index in [0.29, 0.717) is 25.2 Å². The Morgan fingerprint density at radius 1 is 1.10 bits per heavy atom. The third-order valence-corrected chi connectivity index (χ3v) is 5.31. The standard InChI is InChI=1S/C22H22F3N5O/c1-13-11-17-16(14(2)26-13)5-3-6-18(17)28-21(31)27-15-9-10-30(12-15)20-8-4-7-19(29-20)22(23,24)25/h3-8,11,15H,9-10,12H2,1-2H3,(H2,27,28,31). The fourth-order valence-electron chi connectivity index (χ4n) is 3.90. The van der Waals surface area contributed by atoms with E-state index in [1.54, 1.807) is 11.0 Å². The Morgan fingerprint density at radius 3 is 2.65 bits per heavy atom. The van der Waals surface area contributed by atoms with Crippen LogP contribution in [0.15, 0.2) is 42.5 Å². The van der Waals surface area contributed by atoms with E-state index in [2.05, 4.69) is 20.6 Å². The average Bonchev–Trinajstić information content (AvgIpc) is 3.16. The highest BCUT2D eigenvalue weighted by molar-refractivity contribution is 6.02. The first kappa shape index (κ1) is 20.9. The van der Waals surface area contributed by atoms with E-state index in [0.717, 1.165) is 28.2 Å². The van der Waals surface area contributed by atoms with Gasteiger partial charge in [-0.3, -0.25) is 4.98 Å². The third kappa shape index (κ3) is 4.55. The predicted molar refractivity (Wildman–Crippen MR) is 113 cm³/mol. The molecule has 1 aromatic carbocycles. The number of carbonyl (C=O) groups excluding carboxylic acids is 1. The Labute approximate surface area is 177 Å². The van der Waals surface area contributed by atoms with Gasteiger partial charge in [0.2, 0.25) is 0 Å². The van der Waals surface area contributed by atoms with Crippen LogP contribution in [0.4, 0.5) is 29.5 Å². The van der Waals surface area contributed by atoms with E-state index < -0.39 is 11.9 Å². The maximum absolute atomic E-state index is 12.9. The van der Waals surface area contributed by atoms with Crippen molar-refractivity contribution in [3.8, 4) is 0 Å². The normalized spacial score (nSPS) is 16.5. The van der Waals surface area contributed by atoms with Gasteiger partial charge in [0.05, 0.1) is 5.69 Å². The number of carbonyl (C=O) groups is 1. The Balaban J connectivity index is 1.43. The molecule has 31 heavy (non-hydrogen) atoms. The summed E-state index contributed by atoms with van der Waals surface area (Å²) in [6.45, 7) is 4.73. The zero-order chi connectivity index (χ0) is 22.2. The number of nitrogens with zero attached hydrogens (tertiary/aromatic N) is 3. The van der Waals surface area contributed by atoms with E-state index >= 15 is 0 Å². The number of anilines is 2. The number of hydrogen-bond donors (Lipinski definition) is 2. The van der Waals surface area contributed by atoms with Crippen molar-refractivity contribution in [1.82, 2.24) is 15.3 Å². The predicted octanol–water partition coefficient (Wildman–Crippen LogP) is 4.67. The maximum atomic E-state index is 12.9. The quantitative estimate of drug-likeness (QED) is 0.635. The Bertz CT molecular complexity index is 1130. The van der Waals surface area contributed by atoms with Crippen molar-refractivity contribution in [3.05, 3.63) is 59.5 Å². The van der Waals surface area contributed by atoms with E-state index in [-0.39, 0.29) is 17.9 Å². The molecule has 1 aliphatic rings. The maximum Gasteiger partial charge on any atom is 0.433 e. The third-order valence-electron chi connectivity index (χ3n) is 5.31. The SMILES string of the molecule is Cc1cc2c(NC(=O)NC3CCN(c4cccc(C(F)(F)F)n4)C3)cccc2c(C)n1. The average molecular weight is 429 g/mol. The molecule has 0 saturated carbocycles. The molecule has 1 unspecified atom stereocenters. The number of fused-ring (bicyclic) bond motifs is 1. The fraction of sp³-hybridized carbons (Fsp3) is 0.318. The van der Waals surface area contributed by atoms with Gasteiger partial charge in [0.1, 0.15) is 11.5 Å². The molecule has 0 bridgehead atoms. The zero-order valence-corrected chi connectivity index (χ0v) is 17.1. The molecule has 3 heterocycles. The van der Waals surface area contributed by atoms with Gasteiger partial charge in [0, 0.05) is 41.3 Å². The number of hydrogen-bond acceptors (Lipinski definition) is 4. The first-order chi connectivity index (χ1) is 14.7. The van der Waals surface area contributed by atoms with Crippen molar-refractivity contribution >= 4 is 28.3 Å². The Hall–Kier alpha value is -3.36. The molecule has 0 aliphatic carbocycles. The summed E-state index contributed by atoms with van der Waals surface area (Å²) in [7, 11) is 0. The number of amides is 2. The molecular formula is C22H22F3N5O. The number of aromatic nitrogens is 2. The van der Waals surface area contributed by atoms with E-state index in [9.17, 15) is 18.0 Å². The summed E-state index contributed by atoms with van der Waals surface area (Å²) < 4.78 is 38.8. The van der Waals surface area contributed by atoms with Gasteiger partial charge in [-0.2, -0.15) is 13.2 Å². The van der Waals surface area contributed by atoms with Crippen molar-refractivity contribution in [2.24, 2.45) is 0 Å². The summed E-state index contributed by atoms with van der Waals surface area (Å²) in [5.41, 5.74) is 1.51. The van der Waals surface area contributed by atoms with Gasteiger partial charge in [-0.15, -0.1) is 0 Å². The lowest BCUT2D eigenvalue weighted by molar-refractivity contribution is -0.141. The number of benzene rings is 1. The van der Waals surface area contributed by atoms with Crippen LogP contribution in [0.25, 0.3) is 10.8 Å². The molecular weight excluding hydrogens is 407 g/mol. The second-order valence-electron chi connectivity index (χ2n) is 7.66. The largest absolute Gasteiger partial charge is 0.433 e. The van der Waals surface area contributed by atoms with E-state index in [1.165, 1.54) is 6.07 Å². The highest BCUT2D eigenvalue weighted by atomic mass is 19.4. The van der Waals surface area contributed by atoms with Gasteiger partial charge in [-0.25, -0.2) is 9.78 Å². The molecule has 162 valence electrons. The van der Waals surface area contributed by atoms with Gasteiger partial charge in [0.25, 0.3) is 0 Å². The van der Waals surface area contributed by atoms with Crippen LogP contribution in [-0.2, 0) is 6.18 Å². The summed E-state index contributed by atoms with van der Waals surface area (Å²) >= 11 is 0. The van der Waals surface area contributed by atoms with Crippen molar-refractivity contribution < 1.29 is 18.0 Å². The van der Waals surface area contributed by atoms with Crippen LogP contribution in [0.1, 0.15) is 23.5 Å². The minimum absolute atomic E-state index is 0.198. The van der Waals surface area contributed by atoms with Gasteiger partial charge < -0.3 is 15.5 Å². The summed E-state index contributed by atoms with van der Waals surface area (Å²) in [6.07, 6.45) is -3.87. The second-order valence-corrected chi connectivity index (χ2v) is 7.66. The molecule has 1 saturated heterocycles. The van der Waals surface area contributed by atoms with Crippen LogP contribution in [0.2, 0.25) is 0 Å². The molecule has 9 heteroatoms. The lowest BCUT2D eigenvalue weighted by Crippen LogP contribution is -2.39. The Morgan fingerprint density at radius 2 is 1.87 bits per heavy atom. The van der Waals surface area contributed by atoms with Crippen molar-refractivity contribution in [3.63, 3.8) is 0 Å². The van der Waals surface area contributed by atoms with Crippen LogP contribution in [0, 0.1) is 13.8 Å². The molecule has 1 atom stereocenters. The van der Waals surface area contributed by atoms with Gasteiger partial charge in [0.15, 0.2) is 0 Å². The minimum Gasteiger partial charge on any atom is -0.354 e. The van der Waals surface area contributed by atoms with Crippen molar-refractivity contribution in [1.29, 1.82) is 0 Å². The summed E-state index contributed by atoms with van der Waals surface area (Å²) in [5.74, 6) is 0.257. The Kier molecular flexibility index (Phi) is 5.43. The van der Waals surface area contributed by atoms with E-state index in [4.69, 9.17) is 0 Å². The van der Waals surface area contributed by atoms with Crippen LogP contribution < -0.4 is 15.5 Å². The first-order valence-electron chi connectivity index (χ1n) is 9.94. The number of urea groups is 1. The van der Waals surface area contributed by atoms with Crippen molar-refractivity contribution in [2.45, 2.75) is 32.5 Å². The van der Waals surface area contributed by atoms with Gasteiger partial charge in [-0.1, -0.05) is 18.2 Å². The number of pyridine rings is 2. The highest BCUT2D eigenvalue weighted by Crippen LogP contribution is 2.30. The van der Waals surface area contributed by atoms with Crippen LogP contribution in [0.3, 0.4) is 0 Å². The number of aryl methyl sites for hydroxylation is 2. The molecule has 4 rings (SSSR count). The molecule has 2 N–H and O–H groups in total. The molecule has 0 radical (unpaired) electrons. The van der Waals surface area contributed by atoms with Crippen LogP contribution in [0.5, 0.6) is 0 Å². The van der Waals surface area contributed by atoms with Crippen LogP contribution in [-0.4, -0.2) is 35.1 Å². The minimum atomic E-state index is -4.49. The first-order valence-corrected chi connectivity index (χ1v) is 9.94. The van der Waals surface area contributed by atoms with Gasteiger partial charge in [-0.05, 0) is 44.5 Å². The molecule has 2 amide bonds. The van der Waals surface area contributed by atoms with Gasteiger partial charge >= 0.3 is 12.2 Å². The molecule has 6 nitrogen and oxygen atoms in total. The lowest BCUT2D eigenvalue weighted by Gasteiger charge is -2.19. The van der Waals surface area contributed by atoms with E-state index in [1.807, 2.05) is 38.1 Å². The smallest absolute Gasteiger partial charge is 0.354 e.